The van der Waals surface area contributed by atoms with E-state index in [2.05, 4.69) is 25.8 Å². The van der Waals surface area contributed by atoms with Gasteiger partial charge in [-0.25, -0.2) is 0 Å². The standard InChI is InChI=1S/C20H17N5O2S2/c1-27-14-6-2-5-13(11-14)22-19-24-25-20(29-19)28-12-18(26)23-17-9-3-8-16-15(17)7-4-10-21-16/h2-11H,12H2,1H3,(H,22,24)(H,23,26). The van der Waals surface area contributed by atoms with Gasteiger partial charge in [0.1, 0.15) is 5.75 Å². The summed E-state index contributed by atoms with van der Waals surface area (Å²) in [5.41, 5.74) is 2.45. The van der Waals surface area contributed by atoms with Crippen LogP contribution in [0.15, 0.2) is 65.1 Å². The molecule has 146 valence electrons. The number of ether oxygens (including phenoxy) is 1. The lowest BCUT2D eigenvalue weighted by molar-refractivity contribution is -0.113. The van der Waals surface area contributed by atoms with Crippen molar-refractivity contribution in [1.29, 1.82) is 0 Å². The van der Waals surface area contributed by atoms with Crippen molar-refractivity contribution < 1.29 is 9.53 Å². The first-order chi connectivity index (χ1) is 14.2. The largest absolute Gasteiger partial charge is 0.497 e. The smallest absolute Gasteiger partial charge is 0.234 e. The van der Waals surface area contributed by atoms with Gasteiger partial charge in [0.2, 0.25) is 11.0 Å². The molecule has 0 atom stereocenters. The highest BCUT2D eigenvalue weighted by molar-refractivity contribution is 8.01. The van der Waals surface area contributed by atoms with E-state index in [1.54, 1.807) is 13.3 Å². The maximum absolute atomic E-state index is 12.4. The first-order valence-corrected chi connectivity index (χ1v) is 10.5. The molecule has 9 heteroatoms. The van der Waals surface area contributed by atoms with Gasteiger partial charge in [-0.2, -0.15) is 0 Å². The highest BCUT2D eigenvalue weighted by Gasteiger charge is 2.10. The van der Waals surface area contributed by atoms with Gasteiger partial charge in [-0.05, 0) is 36.4 Å². The second-order valence-corrected chi connectivity index (χ2v) is 8.14. The fourth-order valence-corrected chi connectivity index (χ4v) is 4.24. The SMILES string of the molecule is COc1cccc(Nc2nnc(SCC(=O)Nc3cccc4ncccc34)s2)c1. The number of fused-ring (bicyclic) bond motifs is 1. The van der Waals surface area contributed by atoms with Crippen molar-refractivity contribution in [3.63, 3.8) is 0 Å². The maximum atomic E-state index is 12.4. The summed E-state index contributed by atoms with van der Waals surface area (Å²) in [6.45, 7) is 0. The zero-order valence-corrected chi connectivity index (χ0v) is 17.1. The van der Waals surface area contributed by atoms with E-state index in [0.717, 1.165) is 28.0 Å². The fraction of sp³-hybridized carbons (Fsp3) is 0.100. The average Bonchev–Trinajstić information content (AvgIpc) is 3.20. The molecule has 2 N–H and O–H groups in total. The van der Waals surface area contributed by atoms with Crippen LogP contribution in [0.5, 0.6) is 5.75 Å². The number of rotatable bonds is 7. The Hall–Kier alpha value is -3.17. The highest BCUT2D eigenvalue weighted by atomic mass is 32.2. The molecule has 0 spiro atoms. The Morgan fingerprint density at radius 3 is 2.93 bits per heavy atom. The van der Waals surface area contributed by atoms with Gasteiger partial charge in [0.05, 0.1) is 24.1 Å². The summed E-state index contributed by atoms with van der Waals surface area (Å²) in [4.78, 5) is 16.7. The number of nitrogens with zero attached hydrogens (tertiary/aromatic N) is 3. The van der Waals surface area contributed by atoms with Crippen LogP contribution in [0.1, 0.15) is 0 Å². The predicted octanol–water partition coefficient (Wildman–Crippen LogP) is 4.57. The summed E-state index contributed by atoms with van der Waals surface area (Å²) in [6, 6.07) is 17.0. The number of nitrogens with one attached hydrogen (secondary N) is 2. The Bertz CT molecular complexity index is 1140. The van der Waals surface area contributed by atoms with Crippen molar-refractivity contribution in [3.05, 3.63) is 60.8 Å². The van der Waals surface area contributed by atoms with Crippen molar-refractivity contribution >= 4 is 56.4 Å². The third-order valence-electron chi connectivity index (χ3n) is 3.97. The summed E-state index contributed by atoms with van der Waals surface area (Å²) < 4.78 is 5.93. The molecule has 0 fully saturated rings. The molecule has 4 rings (SSSR count). The summed E-state index contributed by atoms with van der Waals surface area (Å²) in [5, 5.41) is 16.0. The molecular weight excluding hydrogens is 406 g/mol. The number of amides is 1. The number of methoxy groups -OCH3 is 1. The molecule has 0 unspecified atom stereocenters. The Morgan fingerprint density at radius 1 is 1.14 bits per heavy atom. The predicted molar refractivity (Wildman–Crippen MR) is 117 cm³/mol. The number of hydrogen-bond acceptors (Lipinski definition) is 8. The van der Waals surface area contributed by atoms with E-state index in [9.17, 15) is 4.79 Å². The monoisotopic (exact) mass is 423 g/mol. The van der Waals surface area contributed by atoms with Crippen LogP contribution < -0.4 is 15.4 Å². The quantitative estimate of drug-likeness (QED) is 0.421. The minimum absolute atomic E-state index is 0.108. The van der Waals surface area contributed by atoms with Crippen molar-refractivity contribution in [2.75, 3.05) is 23.5 Å². The first-order valence-electron chi connectivity index (χ1n) is 8.72. The molecular formula is C20H17N5O2S2. The molecule has 0 aliphatic rings. The van der Waals surface area contributed by atoms with Crippen LogP contribution in [0, 0.1) is 0 Å². The summed E-state index contributed by atoms with van der Waals surface area (Å²) in [5.74, 6) is 0.892. The number of hydrogen-bond donors (Lipinski definition) is 2. The third-order valence-corrected chi connectivity index (χ3v) is 5.95. The minimum Gasteiger partial charge on any atom is -0.497 e. The first kappa shape index (κ1) is 19.2. The van der Waals surface area contributed by atoms with Gasteiger partial charge in [-0.3, -0.25) is 9.78 Å². The lowest BCUT2D eigenvalue weighted by Crippen LogP contribution is -2.14. The average molecular weight is 424 g/mol. The number of benzene rings is 2. The molecule has 2 heterocycles. The van der Waals surface area contributed by atoms with Gasteiger partial charge < -0.3 is 15.4 Å². The molecule has 1 amide bonds. The summed E-state index contributed by atoms with van der Waals surface area (Å²) >= 11 is 2.74. The van der Waals surface area contributed by atoms with E-state index in [-0.39, 0.29) is 11.7 Å². The Labute approximate surface area is 175 Å². The molecule has 0 saturated heterocycles. The number of carbonyl (C=O) groups is 1. The van der Waals surface area contributed by atoms with Crippen LogP contribution in [0.3, 0.4) is 0 Å². The van der Waals surface area contributed by atoms with Gasteiger partial charge >= 0.3 is 0 Å². The van der Waals surface area contributed by atoms with Gasteiger partial charge in [-0.1, -0.05) is 35.2 Å². The third kappa shape index (κ3) is 4.82. The molecule has 2 aromatic carbocycles. The van der Waals surface area contributed by atoms with Crippen LogP contribution in [0.2, 0.25) is 0 Å². The van der Waals surface area contributed by atoms with Gasteiger partial charge in [0.25, 0.3) is 0 Å². The molecule has 0 radical (unpaired) electrons. The molecule has 0 saturated carbocycles. The van der Waals surface area contributed by atoms with E-state index in [0.29, 0.717) is 9.47 Å². The molecule has 4 aromatic rings. The lowest BCUT2D eigenvalue weighted by Gasteiger charge is -2.07. The number of anilines is 3. The number of aromatic nitrogens is 3. The molecule has 0 aliphatic heterocycles. The van der Waals surface area contributed by atoms with Crippen molar-refractivity contribution in [2.45, 2.75) is 4.34 Å². The Balaban J connectivity index is 1.35. The maximum Gasteiger partial charge on any atom is 0.234 e. The van der Waals surface area contributed by atoms with E-state index in [1.807, 2.05) is 54.6 Å². The molecule has 0 bridgehead atoms. The van der Waals surface area contributed by atoms with E-state index in [1.165, 1.54) is 23.1 Å². The minimum atomic E-state index is -0.108. The van der Waals surface area contributed by atoms with Gasteiger partial charge in [0, 0.05) is 23.3 Å². The Kier molecular flexibility index (Phi) is 5.87. The lowest BCUT2D eigenvalue weighted by atomic mass is 10.2. The number of thioether (sulfide) groups is 1. The molecule has 2 aromatic heterocycles. The number of carbonyl (C=O) groups excluding carboxylic acids is 1. The van der Waals surface area contributed by atoms with E-state index in [4.69, 9.17) is 4.74 Å². The van der Waals surface area contributed by atoms with Crippen LogP contribution >= 0.6 is 23.1 Å². The van der Waals surface area contributed by atoms with Crippen molar-refractivity contribution in [3.8, 4) is 5.75 Å². The zero-order chi connectivity index (χ0) is 20.1. The van der Waals surface area contributed by atoms with Crippen LogP contribution in [0.25, 0.3) is 10.9 Å². The zero-order valence-electron chi connectivity index (χ0n) is 15.5. The van der Waals surface area contributed by atoms with E-state index >= 15 is 0 Å². The van der Waals surface area contributed by atoms with Crippen molar-refractivity contribution in [1.82, 2.24) is 15.2 Å². The van der Waals surface area contributed by atoms with Crippen LogP contribution in [-0.4, -0.2) is 34.0 Å². The molecule has 0 aliphatic carbocycles. The highest BCUT2D eigenvalue weighted by Crippen LogP contribution is 2.29. The normalized spacial score (nSPS) is 10.7. The summed E-state index contributed by atoms with van der Waals surface area (Å²) in [6.07, 6.45) is 1.73. The van der Waals surface area contributed by atoms with E-state index < -0.39 is 0 Å². The van der Waals surface area contributed by atoms with Gasteiger partial charge in [0.15, 0.2) is 4.34 Å². The fourth-order valence-electron chi connectivity index (χ4n) is 2.67. The topological polar surface area (TPSA) is 89.0 Å². The molecule has 7 nitrogen and oxygen atoms in total. The Morgan fingerprint density at radius 2 is 2.03 bits per heavy atom. The molecule has 29 heavy (non-hydrogen) atoms. The van der Waals surface area contributed by atoms with Gasteiger partial charge in [-0.15, -0.1) is 10.2 Å². The second-order valence-electron chi connectivity index (χ2n) is 5.94. The van der Waals surface area contributed by atoms with Crippen molar-refractivity contribution in [2.24, 2.45) is 0 Å². The van der Waals surface area contributed by atoms with Crippen LogP contribution in [0.4, 0.5) is 16.5 Å². The number of pyridine rings is 1. The second kappa shape index (κ2) is 8.89. The summed E-state index contributed by atoms with van der Waals surface area (Å²) in [7, 11) is 1.62. The van der Waals surface area contributed by atoms with Crippen LogP contribution in [-0.2, 0) is 4.79 Å².